The number of ether oxygens (including phenoxy) is 2. The summed E-state index contributed by atoms with van der Waals surface area (Å²) in [5, 5.41) is 2.83. The molecule has 5 aromatic rings. The molecule has 0 amide bonds. The Bertz CT molecular complexity index is 1330. The van der Waals surface area contributed by atoms with E-state index in [1.165, 1.54) is 0 Å². The van der Waals surface area contributed by atoms with Crippen molar-refractivity contribution in [2.24, 2.45) is 0 Å². The predicted octanol–water partition coefficient (Wildman–Crippen LogP) is 6.35. The van der Waals surface area contributed by atoms with Crippen molar-refractivity contribution in [1.82, 2.24) is 14.5 Å². The Morgan fingerprint density at radius 3 is 2.06 bits per heavy atom. The van der Waals surface area contributed by atoms with E-state index in [0.29, 0.717) is 11.5 Å². The van der Waals surface area contributed by atoms with Crippen LogP contribution < -0.4 is 9.47 Å². The van der Waals surface area contributed by atoms with Crippen molar-refractivity contribution in [3.05, 3.63) is 90.4 Å². The van der Waals surface area contributed by atoms with Gasteiger partial charge >= 0.3 is 0 Å². The van der Waals surface area contributed by atoms with Gasteiger partial charge in [-0.15, -0.1) is 11.3 Å². The monoisotopic (exact) mass is 439 g/mol. The van der Waals surface area contributed by atoms with E-state index in [1.54, 1.807) is 25.6 Å². The summed E-state index contributed by atoms with van der Waals surface area (Å²) in [6.07, 6.45) is 1.81. The highest BCUT2D eigenvalue weighted by Gasteiger charge is 2.24. The summed E-state index contributed by atoms with van der Waals surface area (Å²) in [7, 11) is 3.27. The Labute approximate surface area is 190 Å². The molecule has 0 aliphatic rings. The third-order valence-electron chi connectivity index (χ3n) is 5.22. The van der Waals surface area contributed by atoms with Gasteiger partial charge in [0.05, 0.1) is 25.6 Å². The summed E-state index contributed by atoms with van der Waals surface area (Å²) < 4.78 is 13.1. The molecule has 0 N–H and O–H groups in total. The number of aromatic nitrogens is 3. The Morgan fingerprint density at radius 1 is 0.750 bits per heavy atom. The van der Waals surface area contributed by atoms with Crippen LogP contribution in [0.2, 0.25) is 0 Å². The molecule has 0 saturated carbocycles. The zero-order chi connectivity index (χ0) is 21.9. The summed E-state index contributed by atoms with van der Waals surface area (Å²) in [6, 6.07) is 26.4. The van der Waals surface area contributed by atoms with Crippen LogP contribution in [-0.2, 0) is 0 Å². The lowest BCUT2D eigenvalue weighted by atomic mass is 10.0. The minimum atomic E-state index is 0.654. The molecule has 158 valence electrons. The molecular formula is C26H21N3O2S. The van der Waals surface area contributed by atoms with Gasteiger partial charge in [0.25, 0.3) is 0 Å². The van der Waals surface area contributed by atoms with Gasteiger partial charge in [0.1, 0.15) is 5.82 Å². The fourth-order valence-corrected chi connectivity index (χ4v) is 4.41. The SMILES string of the molecule is COc1ccc(-c2nc(-c3ccccc3)c(-c3ccccc3)n2-c2nccs2)cc1OC. The van der Waals surface area contributed by atoms with Crippen LogP contribution in [0.25, 0.3) is 39.0 Å². The van der Waals surface area contributed by atoms with E-state index in [1.807, 2.05) is 66.2 Å². The van der Waals surface area contributed by atoms with Crippen LogP contribution in [0.5, 0.6) is 11.5 Å². The van der Waals surface area contributed by atoms with Gasteiger partial charge in [0, 0.05) is 28.3 Å². The summed E-state index contributed by atoms with van der Waals surface area (Å²) in [4.78, 5) is 9.77. The number of imidazole rings is 1. The molecule has 2 heterocycles. The molecule has 6 heteroatoms. The number of nitrogens with zero attached hydrogens (tertiary/aromatic N) is 3. The van der Waals surface area contributed by atoms with E-state index in [0.717, 1.165) is 39.0 Å². The first kappa shape index (κ1) is 20.0. The van der Waals surface area contributed by atoms with Gasteiger partial charge in [-0.25, -0.2) is 9.97 Å². The predicted molar refractivity (Wildman–Crippen MR) is 129 cm³/mol. The van der Waals surface area contributed by atoms with Crippen LogP contribution >= 0.6 is 11.3 Å². The Morgan fingerprint density at radius 2 is 1.44 bits per heavy atom. The molecule has 3 aromatic carbocycles. The van der Waals surface area contributed by atoms with Crippen LogP contribution in [0.3, 0.4) is 0 Å². The standard InChI is InChI=1S/C26H21N3O2S/c1-30-21-14-13-20(17-22(21)31-2)25-28-23(18-9-5-3-6-10-18)24(19-11-7-4-8-12-19)29(25)26-27-15-16-32-26/h3-17H,1-2H3. The first-order valence-electron chi connectivity index (χ1n) is 10.2. The second-order valence-corrected chi connectivity index (χ2v) is 7.96. The summed E-state index contributed by atoms with van der Waals surface area (Å²) in [6.45, 7) is 0. The van der Waals surface area contributed by atoms with Gasteiger partial charge in [-0.2, -0.15) is 0 Å². The molecule has 5 rings (SSSR count). The van der Waals surface area contributed by atoms with E-state index < -0.39 is 0 Å². The summed E-state index contributed by atoms with van der Waals surface area (Å²) >= 11 is 1.58. The molecule has 0 unspecified atom stereocenters. The molecule has 0 aliphatic carbocycles. The Kier molecular flexibility index (Phi) is 5.44. The van der Waals surface area contributed by atoms with Crippen molar-refractivity contribution in [3.63, 3.8) is 0 Å². The van der Waals surface area contributed by atoms with E-state index in [2.05, 4.69) is 33.8 Å². The largest absolute Gasteiger partial charge is 0.493 e. The molecule has 2 aromatic heterocycles. The summed E-state index contributed by atoms with van der Waals surface area (Å²) in [5.74, 6) is 2.12. The van der Waals surface area contributed by atoms with Crippen molar-refractivity contribution < 1.29 is 9.47 Å². The highest BCUT2D eigenvalue weighted by molar-refractivity contribution is 7.12. The quantitative estimate of drug-likeness (QED) is 0.309. The highest BCUT2D eigenvalue weighted by Crippen LogP contribution is 2.40. The van der Waals surface area contributed by atoms with E-state index in [-0.39, 0.29) is 0 Å². The van der Waals surface area contributed by atoms with Crippen LogP contribution in [0, 0.1) is 0 Å². The molecule has 0 radical (unpaired) electrons. The number of hydrogen-bond acceptors (Lipinski definition) is 5. The van der Waals surface area contributed by atoms with Gasteiger partial charge in [-0.1, -0.05) is 60.7 Å². The third-order valence-corrected chi connectivity index (χ3v) is 5.98. The lowest BCUT2D eigenvalue weighted by Crippen LogP contribution is -2.00. The second-order valence-electron chi connectivity index (χ2n) is 7.08. The van der Waals surface area contributed by atoms with Gasteiger partial charge in [-0.05, 0) is 18.2 Å². The second kappa shape index (κ2) is 8.69. The van der Waals surface area contributed by atoms with E-state index in [4.69, 9.17) is 14.5 Å². The Hall–Kier alpha value is -3.90. The zero-order valence-corrected chi connectivity index (χ0v) is 18.5. The molecule has 0 spiro atoms. The molecule has 0 bridgehead atoms. The molecule has 0 fully saturated rings. The minimum absolute atomic E-state index is 0.654. The van der Waals surface area contributed by atoms with Gasteiger partial charge in [0.15, 0.2) is 16.6 Å². The van der Waals surface area contributed by atoms with Gasteiger partial charge in [-0.3, -0.25) is 4.57 Å². The fourth-order valence-electron chi connectivity index (χ4n) is 3.76. The maximum atomic E-state index is 5.56. The number of hydrogen-bond donors (Lipinski definition) is 0. The van der Waals surface area contributed by atoms with Crippen LogP contribution in [0.15, 0.2) is 90.4 Å². The highest BCUT2D eigenvalue weighted by atomic mass is 32.1. The van der Waals surface area contributed by atoms with Gasteiger partial charge < -0.3 is 9.47 Å². The molecule has 0 atom stereocenters. The number of benzene rings is 3. The third kappa shape index (κ3) is 3.55. The average Bonchev–Trinajstić information content (AvgIpc) is 3.53. The Balaban J connectivity index is 1.85. The molecule has 32 heavy (non-hydrogen) atoms. The van der Waals surface area contributed by atoms with Crippen LogP contribution in [0.4, 0.5) is 0 Å². The van der Waals surface area contributed by atoms with Crippen molar-refractivity contribution >= 4 is 11.3 Å². The number of thiazole rings is 1. The maximum Gasteiger partial charge on any atom is 0.195 e. The maximum absolute atomic E-state index is 5.56. The zero-order valence-electron chi connectivity index (χ0n) is 17.7. The topological polar surface area (TPSA) is 49.2 Å². The van der Waals surface area contributed by atoms with Crippen molar-refractivity contribution in [1.29, 1.82) is 0 Å². The van der Waals surface area contributed by atoms with Crippen molar-refractivity contribution in [2.75, 3.05) is 14.2 Å². The van der Waals surface area contributed by atoms with Crippen molar-refractivity contribution in [3.8, 4) is 50.5 Å². The fraction of sp³-hybridized carbons (Fsp3) is 0.0769. The number of methoxy groups -OCH3 is 2. The van der Waals surface area contributed by atoms with E-state index in [9.17, 15) is 0 Å². The van der Waals surface area contributed by atoms with Crippen LogP contribution in [0.1, 0.15) is 0 Å². The molecule has 0 aliphatic heterocycles. The lowest BCUT2D eigenvalue weighted by molar-refractivity contribution is 0.355. The van der Waals surface area contributed by atoms with E-state index >= 15 is 0 Å². The lowest BCUT2D eigenvalue weighted by Gasteiger charge is -2.12. The van der Waals surface area contributed by atoms with Gasteiger partial charge in [0.2, 0.25) is 0 Å². The molecular weight excluding hydrogens is 418 g/mol. The van der Waals surface area contributed by atoms with Crippen LogP contribution in [-0.4, -0.2) is 28.8 Å². The average molecular weight is 440 g/mol. The molecule has 0 saturated heterocycles. The van der Waals surface area contributed by atoms with Crippen molar-refractivity contribution in [2.45, 2.75) is 0 Å². The molecule has 5 nitrogen and oxygen atoms in total. The normalized spacial score (nSPS) is 10.8. The smallest absolute Gasteiger partial charge is 0.195 e. The first-order valence-corrected chi connectivity index (χ1v) is 11.0. The number of rotatable bonds is 6. The summed E-state index contributed by atoms with van der Waals surface area (Å²) in [5.41, 5.74) is 4.93. The first-order chi connectivity index (χ1) is 15.8. The minimum Gasteiger partial charge on any atom is -0.493 e.